The molecule has 1 amide bonds. The molecule has 8 heteroatoms. The molecule has 110 valence electrons. The van der Waals surface area contributed by atoms with E-state index in [2.05, 4.69) is 5.32 Å². The van der Waals surface area contributed by atoms with Gasteiger partial charge in [0.25, 0.3) is 0 Å². The number of amides is 1. The second kappa shape index (κ2) is 6.43. The van der Waals surface area contributed by atoms with Gasteiger partial charge in [0.15, 0.2) is 9.84 Å². The van der Waals surface area contributed by atoms with Gasteiger partial charge in [0.05, 0.1) is 6.54 Å². The number of carbonyl (C=O) groups is 1. The van der Waals surface area contributed by atoms with Crippen LogP contribution in [0.1, 0.15) is 0 Å². The molecule has 0 radical (unpaired) electrons. The Kier molecular flexibility index (Phi) is 5.10. The van der Waals surface area contributed by atoms with Gasteiger partial charge in [0.1, 0.15) is 5.37 Å². The van der Waals surface area contributed by atoms with E-state index < -0.39 is 15.2 Å². The Labute approximate surface area is 118 Å². The Morgan fingerprint density at radius 3 is 2.63 bits per heavy atom. The van der Waals surface area contributed by atoms with E-state index in [1.54, 1.807) is 11.8 Å². The summed E-state index contributed by atoms with van der Waals surface area (Å²) in [6.07, 6.45) is 1.26. The van der Waals surface area contributed by atoms with Crippen LogP contribution in [0.4, 0.5) is 0 Å². The van der Waals surface area contributed by atoms with Gasteiger partial charge < -0.3 is 10.2 Å². The summed E-state index contributed by atoms with van der Waals surface area (Å²) in [7, 11) is -3.13. The summed E-state index contributed by atoms with van der Waals surface area (Å²) < 4.78 is 23.5. The highest BCUT2D eigenvalue weighted by molar-refractivity contribution is 8.00. The molecule has 2 aliphatic heterocycles. The van der Waals surface area contributed by atoms with E-state index in [0.717, 1.165) is 18.8 Å². The second-order valence-electron chi connectivity index (χ2n) is 4.96. The van der Waals surface area contributed by atoms with Gasteiger partial charge in [-0.3, -0.25) is 9.69 Å². The highest BCUT2D eigenvalue weighted by Crippen LogP contribution is 2.20. The molecule has 0 aromatic heterocycles. The quantitative estimate of drug-likeness (QED) is 0.709. The van der Waals surface area contributed by atoms with Crippen molar-refractivity contribution in [3.63, 3.8) is 0 Å². The van der Waals surface area contributed by atoms with Crippen LogP contribution in [0, 0.1) is 0 Å². The maximum absolute atomic E-state index is 12.2. The van der Waals surface area contributed by atoms with E-state index in [-0.39, 0.29) is 12.5 Å². The maximum atomic E-state index is 12.2. The van der Waals surface area contributed by atoms with Crippen molar-refractivity contribution >= 4 is 27.5 Å². The number of sulfone groups is 1. The summed E-state index contributed by atoms with van der Waals surface area (Å²) >= 11 is 1.64. The van der Waals surface area contributed by atoms with Gasteiger partial charge in [0, 0.05) is 50.5 Å². The van der Waals surface area contributed by atoms with Gasteiger partial charge in [-0.15, -0.1) is 0 Å². The van der Waals surface area contributed by atoms with Crippen molar-refractivity contribution in [2.75, 3.05) is 57.0 Å². The molecule has 19 heavy (non-hydrogen) atoms. The lowest BCUT2D eigenvalue weighted by Crippen LogP contribution is -2.54. The number of rotatable bonds is 3. The Hall–Kier alpha value is -0.310. The van der Waals surface area contributed by atoms with Crippen LogP contribution in [0.3, 0.4) is 0 Å². The molecule has 0 bridgehead atoms. The highest BCUT2D eigenvalue weighted by atomic mass is 32.2. The average molecular weight is 307 g/mol. The zero-order chi connectivity index (χ0) is 13.9. The Bertz CT molecular complexity index is 421. The van der Waals surface area contributed by atoms with E-state index >= 15 is 0 Å². The molecule has 0 aromatic carbocycles. The molecule has 0 aromatic rings. The Morgan fingerprint density at radius 2 is 2.00 bits per heavy atom. The summed E-state index contributed by atoms with van der Waals surface area (Å²) in [5.74, 6) is 1.50. The van der Waals surface area contributed by atoms with E-state index in [0.29, 0.717) is 25.4 Å². The number of nitrogens with zero attached hydrogens (tertiary/aromatic N) is 2. The third-order valence-corrected chi connectivity index (χ3v) is 6.18. The first kappa shape index (κ1) is 15.1. The first-order valence-electron chi connectivity index (χ1n) is 6.47. The lowest BCUT2D eigenvalue weighted by molar-refractivity contribution is -0.133. The lowest BCUT2D eigenvalue weighted by atomic mass is 10.3. The van der Waals surface area contributed by atoms with Gasteiger partial charge >= 0.3 is 0 Å². The number of hydrogen-bond acceptors (Lipinski definition) is 6. The van der Waals surface area contributed by atoms with Crippen LogP contribution in [-0.2, 0) is 14.6 Å². The summed E-state index contributed by atoms with van der Waals surface area (Å²) in [6, 6.07) is 0. The third kappa shape index (κ3) is 4.08. The van der Waals surface area contributed by atoms with E-state index in [4.69, 9.17) is 0 Å². The van der Waals surface area contributed by atoms with Crippen LogP contribution >= 0.6 is 11.8 Å². The molecule has 6 nitrogen and oxygen atoms in total. The van der Waals surface area contributed by atoms with Crippen LogP contribution in [0.15, 0.2) is 0 Å². The summed E-state index contributed by atoms with van der Waals surface area (Å²) in [6.45, 7) is 3.95. The molecule has 0 spiro atoms. The van der Waals surface area contributed by atoms with Crippen LogP contribution in [0.2, 0.25) is 0 Å². The van der Waals surface area contributed by atoms with Gasteiger partial charge in [-0.2, -0.15) is 11.8 Å². The molecule has 1 N–H and O–H groups in total. The monoisotopic (exact) mass is 307 g/mol. The van der Waals surface area contributed by atoms with Crippen LogP contribution < -0.4 is 5.32 Å². The summed E-state index contributed by atoms with van der Waals surface area (Å²) in [5, 5.41) is 2.68. The van der Waals surface area contributed by atoms with Crippen molar-refractivity contribution < 1.29 is 13.2 Å². The molecule has 2 rings (SSSR count). The Balaban J connectivity index is 1.97. The fourth-order valence-electron chi connectivity index (χ4n) is 2.38. The largest absolute Gasteiger partial charge is 0.339 e. The van der Waals surface area contributed by atoms with Gasteiger partial charge in [-0.1, -0.05) is 0 Å². The molecule has 1 atom stereocenters. The standard InChI is InChI=1S/C11H21N3O3S2/c1-19(16,17)11-9-18-7-6-14(11)8-10(15)13-4-2-12-3-5-13/h11-12H,2-9H2,1H3. The number of carbonyl (C=O) groups excluding carboxylic acids is 1. The molecular formula is C11H21N3O3S2. The lowest BCUT2D eigenvalue weighted by Gasteiger charge is -2.35. The first-order chi connectivity index (χ1) is 8.98. The number of nitrogens with one attached hydrogen (secondary N) is 1. The third-order valence-electron chi connectivity index (χ3n) is 3.49. The van der Waals surface area contributed by atoms with Crippen LogP contribution in [-0.4, -0.2) is 86.5 Å². The van der Waals surface area contributed by atoms with E-state index in [9.17, 15) is 13.2 Å². The van der Waals surface area contributed by atoms with Crippen molar-refractivity contribution in [1.82, 2.24) is 15.1 Å². The molecule has 2 aliphatic rings. The molecule has 2 heterocycles. The zero-order valence-corrected chi connectivity index (χ0v) is 12.8. The van der Waals surface area contributed by atoms with E-state index in [1.165, 1.54) is 6.26 Å². The van der Waals surface area contributed by atoms with Crippen LogP contribution in [0.25, 0.3) is 0 Å². The average Bonchev–Trinajstić information content (AvgIpc) is 2.39. The topological polar surface area (TPSA) is 69.7 Å². The molecule has 1 unspecified atom stereocenters. The maximum Gasteiger partial charge on any atom is 0.236 e. The van der Waals surface area contributed by atoms with Gasteiger partial charge in [0.2, 0.25) is 5.91 Å². The second-order valence-corrected chi connectivity index (χ2v) is 8.31. The first-order valence-corrected chi connectivity index (χ1v) is 9.58. The number of thioether (sulfide) groups is 1. The van der Waals surface area contributed by atoms with Gasteiger partial charge in [-0.05, 0) is 0 Å². The highest BCUT2D eigenvalue weighted by Gasteiger charge is 2.33. The van der Waals surface area contributed by atoms with Gasteiger partial charge in [-0.25, -0.2) is 8.42 Å². The van der Waals surface area contributed by atoms with Crippen molar-refractivity contribution in [2.45, 2.75) is 5.37 Å². The molecule has 2 saturated heterocycles. The van der Waals surface area contributed by atoms with Crippen molar-refractivity contribution in [2.24, 2.45) is 0 Å². The predicted octanol–water partition coefficient (Wildman–Crippen LogP) is -1.16. The Morgan fingerprint density at radius 1 is 1.32 bits per heavy atom. The normalized spacial score (nSPS) is 26.4. The minimum Gasteiger partial charge on any atom is -0.339 e. The summed E-state index contributed by atoms with van der Waals surface area (Å²) in [4.78, 5) is 15.8. The SMILES string of the molecule is CS(=O)(=O)C1CSCCN1CC(=O)N1CCNCC1. The summed E-state index contributed by atoms with van der Waals surface area (Å²) in [5.41, 5.74) is 0. The fraction of sp³-hybridized carbons (Fsp3) is 0.909. The van der Waals surface area contributed by atoms with Crippen LogP contribution in [0.5, 0.6) is 0 Å². The smallest absolute Gasteiger partial charge is 0.236 e. The number of piperazine rings is 1. The number of hydrogen-bond donors (Lipinski definition) is 1. The minimum absolute atomic E-state index is 0.0436. The van der Waals surface area contributed by atoms with Crippen molar-refractivity contribution in [3.05, 3.63) is 0 Å². The van der Waals surface area contributed by atoms with E-state index in [1.807, 2.05) is 9.80 Å². The van der Waals surface area contributed by atoms with Crippen molar-refractivity contribution in [1.29, 1.82) is 0 Å². The molecule has 0 saturated carbocycles. The predicted molar refractivity (Wildman–Crippen MR) is 77.0 cm³/mol. The van der Waals surface area contributed by atoms with Crippen molar-refractivity contribution in [3.8, 4) is 0 Å². The molecule has 2 fully saturated rings. The molecular weight excluding hydrogens is 286 g/mol. The molecule has 0 aliphatic carbocycles. The minimum atomic E-state index is -3.13. The fourth-order valence-corrected chi connectivity index (χ4v) is 5.32. The zero-order valence-electron chi connectivity index (χ0n) is 11.2.